The minimum atomic E-state index is -0.223. The molecule has 0 radical (unpaired) electrons. The van der Waals surface area contributed by atoms with Crippen LogP contribution in [0, 0.1) is 5.92 Å². The Morgan fingerprint density at radius 2 is 2.12 bits per heavy atom. The molecule has 0 aliphatic heterocycles. The minimum absolute atomic E-state index is 0.196. The smallest absolute Gasteiger partial charge is 0.279 e. The zero-order valence-electron chi connectivity index (χ0n) is 17.3. The van der Waals surface area contributed by atoms with Crippen molar-refractivity contribution in [3.05, 3.63) is 69.4 Å². The molecule has 3 aromatic rings. The van der Waals surface area contributed by atoms with Crippen LogP contribution >= 0.6 is 34.5 Å². The number of carbonyl (C=O) groups excluding carboxylic acids is 1. The van der Waals surface area contributed by atoms with Gasteiger partial charge in [0.05, 0.1) is 16.5 Å². The third-order valence-corrected chi connectivity index (χ3v) is 6.02. The summed E-state index contributed by atoms with van der Waals surface area (Å²) < 4.78 is 11.6. The number of halogens is 2. The van der Waals surface area contributed by atoms with Gasteiger partial charge in [0.2, 0.25) is 0 Å². The number of nitrogens with zero attached hydrogens (tertiary/aromatic N) is 2. The van der Waals surface area contributed by atoms with E-state index in [1.54, 1.807) is 24.4 Å². The first kappa shape index (κ1) is 22.6. The van der Waals surface area contributed by atoms with Gasteiger partial charge in [0.15, 0.2) is 0 Å². The van der Waals surface area contributed by atoms with Crippen LogP contribution < -0.4 is 14.8 Å². The van der Waals surface area contributed by atoms with Gasteiger partial charge >= 0.3 is 0 Å². The van der Waals surface area contributed by atoms with Crippen LogP contribution in [0.25, 0.3) is 6.08 Å². The van der Waals surface area contributed by atoms with Crippen LogP contribution in [0.15, 0.2) is 48.8 Å². The Hall–Kier alpha value is -2.61. The minimum Gasteiger partial charge on any atom is -0.493 e. The lowest BCUT2D eigenvalue weighted by atomic mass is 10.2. The number of rotatable bonds is 9. The van der Waals surface area contributed by atoms with E-state index in [0.29, 0.717) is 27.4 Å². The monoisotopic (exact) mass is 489 g/mol. The Labute approximate surface area is 200 Å². The van der Waals surface area contributed by atoms with Gasteiger partial charge in [0.1, 0.15) is 16.7 Å². The van der Waals surface area contributed by atoms with E-state index in [1.807, 2.05) is 25.1 Å². The third-order valence-electron chi connectivity index (χ3n) is 4.68. The molecule has 1 aliphatic rings. The molecule has 2 heterocycles. The second-order valence-electron chi connectivity index (χ2n) is 7.47. The first-order valence-electron chi connectivity index (χ1n) is 10.1. The number of ether oxygens (including phenoxy) is 2. The fourth-order valence-electron chi connectivity index (χ4n) is 2.76. The van der Waals surface area contributed by atoms with Crippen molar-refractivity contribution in [3.8, 4) is 16.7 Å². The van der Waals surface area contributed by atoms with Gasteiger partial charge < -0.3 is 14.8 Å². The predicted octanol–water partition coefficient (Wildman–Crippen LogP) is 6.26. The number of aromatic nitrogens is 2. The molecule has 1 atom stereocenters. The Morgan fingerprint density at radius 1 is 1.28 bits per heavy atom. The number of amides is 1. The molecule has 1 aromatic carbocycles. The molecule has 32 heavy (non-hydrogen) atoms. The van der Waals surface area contributed by atoms with Gasteiger partial charge in [-0.25, -0.2) is 9.97 Å². The number of thiazole rings is 1. The van der Waals surface area contributed by atoms with E-state index >= 15 is 0 Å². The lowest BCUT2D eigenvalue weighted by Crippen LogP contribution is -2.30. The van der Waals surface area contributed by atoms with E-state index in [9.17, 15) is 4.79 Å². The number of pyridine rings is 1. The number of benzene rings is 1. The van der Waals surface area contributed by atoms with E-state index in [1.165, 1.54) is 36.4 Å². The second-order valence-corrected chi connectivity index (χ2v) is 9.28. The molecule has 1 saturated carbocycles. The summed E-state index contributed by atoms with van der Waals surface area (Å²) in [4.78, 5) is 21.3. The first-order chi connectivity index (χ1) is 15.5. The van der Waals surface area contributed by atoms with E-state index in [0.717, 1.165) is 17.2 Å². The highest BCUT2D eigenvalue weighted by Gasteiger charge is 2.22. The molecular formula is C23H21Cl2N3O3S. The fraction of sp³-hybridized carbons (Fsp3) is 0.261. The Morgan fingerprint density at radius 3 is 2.88 bits per heavy atom. The van der Waals surface area contributed by atoms with Gasteiger partial charge in [-0.05, 0) is 56.0 Å². The molecule has 0 saturated heterocycles. The number of carbonyl (C=O) groups is 1. The fourth-order valence-corrected chi connectivity index (χ4v) is 3.84. The highest BCUT2D eigenvalue weighted by atomic mass is 35.5. The van der Waals surface area contributed by atoms with Crippen molar-refractivity contribution < 1.29 is 14.3 Å². The Kier molecular flexibility index (Phi) is 7.29. The summed E-state index contributed by atoms with van der Waals surface area (Å²) in [6.07, 6.45) is 9.43. The van der Waals surface area contributed by atoms with Crippen molar-refractivity contribution in [1.29, 1.82) is 0 Å². The third kappa shape index (κ3) is 6.45. The summed E-state index contributed by atoms with van der Waals surface area (Å²) in [5.74, 6) is 1.71. The zero-order valence-corrected chi connectivity index (χ0v) is 19.6. The molecule has 166 valence electrons. The van der Waals surface area contributed by atoms with Crippen molar-refractivity contribution in [2.24, 2.45) is 5.92 Å². The van der Waals surface area contributed by atoms with Crippen LogP contribution in [0.4, 0.5) is 0 Å². The van der Waals surface area contributed by atoms with E-state index in [4.69, 9.17) is 32.7 Å². The molecule has 4 rings (SSSR count). The molecule has 0 spiro atoms. The average Bonchev–Trinajstić information content (AvgIpc) is 3.50. The number of nitrogens with one attached hydrogen (secondary N) is 1. The Bertz CT molecular complexity index is 1130. The average molecular weight is 490 g/mol. The SMILES string of the molecule is C[C@@H](C=Cc1cnc(Oc2ccc(OCC3CC3)cc2Cl)s1)NC(=O)c1ccnc(Cl)c1. The Balaban J connectivity index is 1.31. The van der Waals surface area contributed by atoms with Crippen LogP contribution in [0.3, 0.4) is 0 Å². The van der Waals surface area contributed by atoms with E-state index in [-0.39, 0.29) is 17.1 Å². The maximum atomic E-state index is 12.3. The normalized spacial score (nSPS) is 14.3. The molecule has 1 amide bonds. The lowest BCUT2D eigenvalue weighted by molar-refractivity contribution is 0.0947. The molecule has 6 nitrogen and oxygen atoms in total. The van der Waals surface area contributed by atoms with Crippen LogP contribution in [0.5, 0.6) is 16.7 Å². The quantitative estimate of drug-likeness (QED) is 0.359. The van der Waals surface area contributed by atoms with E-state index in [2.05, 4.69) is 15.3 Å². The molecule has 2 aromatic heterocycles. The van der Waals surface area contributed by atoms with Crippen LogP contribution in [-0.2, 0) is 0 Å². The van der Waals surface area contributed by atoms with Gasteiger partial charge in [-0.2, -0.15) is 0 Å². The van der Waals surface area contributed by atoms with Crippen molar-refractivity contribution >= 4 is 46.5 Å². The zero-order chi connectivity index (χ0) is 22.5. The topological polar surface area (TPSA) is 73.3 Å². The number of hydrogen-bond acceptors (Lipinski definition) is 6. The van der Waals surface area contributed by atoms with Crippen LogP contribution in [0.2, 0.25) is 10.2 Å². The van der Waals surface area contributed by atoms with Gasteiger partial charge in [-0.3, -0.25) is 4.79 Å². The van der Waals surface area contributed by atoms with Gasteiger partial charge in [0.25, 0.3) is 11.1 Å². The number of hydrogen-bond donors (Lipinski definition) is 1. The second kappa shape index (κ2) is 10.3. The molecule has 1 aliphatic carbocycles. The van der Waals surface area contributed by atoms with Gasteiger partial charge in [0, 0.05) is 30.1 Å². The highest BCUT2D eigenvalue weighted by molar-refractivity contribution is 7.14. The summed E-state index contributed by atoms with van der Waals surface area (Å²) >= 11 is 13.5. The van der Waals surface area contributed by atoms with Crippen molar-refractivity contribution in [2.45, 2.75) is 25.8 Å². The van der Waals surface area contributed by atoms with Gasteiger partial charge in [-0.1, -0.05) is 40.6 Å². The molecular weight excluding hydrogens is 469 g/mol. The summed E-state index contributed by atoms with van der Waals surface area (Å²) in [6.45, 7) is 2.61. The van der Waals surface area contributed by atoms with Crippen LogP contribution in [0.1, 0.15) is 35.0 Å². The van der Waals surface area contributed by atoms with Gasteiger partial charge in [-0.15, -0.1) is 0 Å². The van der Waals surface area contributed by atoms with Crippen molar-refractivity contribution in [3.63, 3.8) is 0 Å². The molecule has 1 fully saturated rings. The van der Waals surface area contributed by atoms with Crippen LogP contribution in [-0.4, -0.2) is 28.5 Å². The van der Waals surface area contributed by atoms with E-state index < -0.39 is 0 Å². The molecule has 0 unspecified atom stereocenters. The first-order valence-corrected chi connectivity index (χ1v) is 11.7. The standard InChI is InChI=1S/C23H21Cl2N3O3S/c1-14(28-22(29)16-8-9-26-21(25)10-16)2-6-18-12-27-23(32-18)31-20-7-5-17(11-19(20)24)30-13-15-3-4-15/h2,5-12,14-15H,3-4,13H2,1H3,(H,28,29)/t14-/m0/s1. The maximum absolute atomic E-state index is 12.3. The summed E-state index contributed by atoms with van der Waals surface area (Å²) in [7, 11) is 0. The summed E-state index contributed by atoms with van der Waals surface area (Å²) in [5, 5.41) is 4.11. The predicted molar refractivity (Wildman–Crippen MR) is 127 cm³/mol. The van der Waals surface area contributed by atoms with Crippen molar-refractivity contribution in [1.82, 2.24) is 15.3 Å². The van der Waals surface area contributed by atoms with Crippen molar-refractivity contribution in [2.75, 3.05) is 6.61 Å². The summed E-state index contributed by atoms with van der Waals surface area (Å²) in [5.41, 5.74) is 0.458. The lowest BCUT2D eigenvalue weighted by Gasteiger charge is -2.09. The molecule has 0 bridgehead atoms. The highest BCUT2D eigenvalue weighted by Crippen LogP contribution is 2.35. The molecule has 1 N–H and O–H groups in total. The maximum Gasteiger partial charge on any atom is 0.279 e. The summed E-state index contributed by atoms with van der Waals surface area (Å²) in [6, 6.07) is 8.33. The molecule has 9 heteroatoms. The largest absolute Gasteiger partial charge is 0.493 e.